The Bertz CT molecular complexity index is 841. The number of ether oxygens (including phenoxy) is 2. The van der Waals surface area contributed by atoms with Crippen LogP contribution in [0.5, 0.6) is 11.5 Å². The molecule has 5 nitrogen and oxygen atoms in total. The molecule has 1 N–H and O–H groups in total. The van der Waals surface area contributed by atoms with Gasteiger partial charge in [0, 0.05) is 17.6 Å². The number of benzene rings is 2. The van der Waals surface area contributed by atoms with Gasteiger partial charge in [-0.25, -0.2) is 0 Å². The Morgan fingerprint density at radius 2 is 2.04 bits per heavy atom. The van der Waals surface area contributed by atoms with Crippen molar-refractivity contribution in [3.63, 3.8) is 0 Å². The Hall–Kier alpha value is -2.97. The fourth-order valence-electron chi connectivity index (χ4n) is 2.11. The summed E-state index contributed by atoms with van der Waals surface area (Å²) < 4.78 is 11.1. The molecule has 0 aliphatic carbocycles. The van der Waals surface area contributed by atoms with Crippen molar-refractivity contribution < 1.29 is 14.3 Å². The Kier molecular flexibility index (Phi) is 6.44. The van der Waals surface area contributed by atoms with Crippen LogP contribution in [0.4, 0.5) is 0 Å². The van der Waals surface area contributed by atoms with Crippen LogP contribution in [0.1, 0.15) is 11.1 Å². The molecule has 25 heavy (non-hydrogen) atoms. The van der Waals surface area contributed by atoms with Crippen LogP contribution in [0, 0.1) is 11.3 Å². The Morgan fingerprint density at radius 3 is 2.68 bits per heavy atom. The van der Waals surface area contributed by atoms with Gasteiger partial charge in [-0.15, -0.1) is 0 Å². The number of likely N-dealkylation sites (N-methyl/N-ethyl adjacent to an activating group) is 1. The minimum absolute atomic E-state index is 0.00860. The van der Waals surface area contributed by atoms with E-state index in [0.29, 0.717) is 28.7 Å². The molecular weight excluding hydrogens is 340 g/mol. The molecule has 2 rings (SSSR count). The van der Waals surface area contributed by atoms with Gasteiger partial charge in [0.25, 0.3) is 5.91 Å². The molecule has 0 heterocycles. The number of hydrogen-bond acceptors (Lipinski definition) is 4. The average Bonchev–Trinajstić information content (AvgIpc) is 2.65. The zero-order valence-electron chi connectivity index (χ0n) is 13.9. The van der Waals surface area contributed by atoms with Crippen molar-refractivity contribution in [3.05, 3.63) is 64.2 Å². The van der Waals surface area contributed by atoms with Crippen molar-refractivity contribution >= 4 is 23.6 Å². The summed E-state index contributed by atoms with van der Waals surface area (Å²) >= 11 is 6.12. The van der Waals surface area contributed by atoms with Gasteiger partial charge in [-0.2, -0.15) is 5.26 Å². The van der Waals surface area contributed by atoms with Crippen LogP contribution in [0.3, 0.4) is 0 Å². The molecule has 128 valence electrons. The van der Waals surface area contributed by atoms with Gasteiger partial charge >= 0.3 is 0 Å². The number of amides is 1. The predicted octanol–water partition coefficient (Wildman–Crippen LogP) is 3.58. The van der Waals surface area contributed by atoms with Gasteiger partial charge in [-0.3, -0.25) is 4.79 Å². The summed E-state index contributed by atoms with van der Waals surface area (Å²) in [6, 6.07) is 14.5. The van der Waals surface area contributed by atoms with E-state index in [1.807, 2.05) is 24.3 Å². The third-order valence-corrected chi connectivity index (χ3v) is 3.80. The molecule has 0 aliphatic heterocycles. The first-order valence-electron chi connectivity index (χ1n) is 7.47. The lowest BCUT2D eigenvalue weighted by Crippen LogP contribution is -2.19. The number of rotatable bonds is 6. The summed E-state index contributed by atoms with van der Waals surface area (Å²) in [5.74, 6) is 0.591. The summed E-state index contributed by atoms with van der Waals surface area (Å²) in [7, 11) is 2.99. The Morgan fingerprint density at radius 1 is 1.28 bits per heavy atom. The number of nitriles is 1. The van der Waals surface area contributed by atoms with E-state index in [2.05, 4.69) is 5.32 Å². The van der Waals surface area contributed by atoms with Gasteiger partial charge in [-0.1, -0.05) is 35.9 Å². The molecule has 0 fully saturated rings. The summed E-state index contributed by atoms with van der Waals surface area (Å²) in [5.41, 5.74) is 1.53. The summed E-state index contributed by atoms with van der Waals surface area (Å²) in [6.45, 7) is 0.299. The fraction of sp³-hybridized carbons (Fsp3) is 0.158. The summed E-state index contributed by atoms with van der Waals surface area (Å²) in [4.78, 5) is 11.6. The standard InChI is InChI=1S/C19H17ClN2O3/c1-22-19(23)15(11-21)9-13-7-8-17(18(10-13)24-2)25-12-14-5-3-4-6-16(14)20/h3-10H,12H2,1-2H3,(H,22,23)/b15-9-. The van der Waals surface area contributed by atoms with Gasteiger partial charge in [0.1, 0.15) is 18.2 Å². The Balaban J connectivity index is 2.22. The SMILES string of the molecule is CNC(=O)/C(C#N)=C\c1ccc(OCc2ccccc2Cl)c(OC)c1. The minimum atomic E-state index is -0.444. The highest BCUT2D eigenvalue weighted by molar-refractivity contribution is 6.31. The quantitative estimate of drug-likeness (QED) is 0.634. The minimum Gasteiger partial charge on any atom is -0.493 e. The third-order valence-electron chi connectivity index (χ3n) is 3.43. The topological polar surface area (TPSA) is 71.4 Å². The maximum Gasteiger partial charge on any atom is 0.261 e. The van der Waals surface area contributed by atoms with Crippen LogP contribution >= 0.6 is 11.6 Å². The maximum atomic E-state index is 11.6. The smallest absolute Gasteiger partial charge is 0.261 e. The van der Waals surface area contributed by atoms with Gasteiger partial charge < -0.3 is 14.8 Å². The fourth-order valence-corrected chi connectivity index (χ4v) is 2.30. The van der Waals surface area contributed by atoms with Crippen LogP contribution in [0.15, 0.2) is 48.0 Å². The molecule has 0 spiro atoms. The first-order chi connectivity index (χ1) is 12.1. The molecule has 0 saturated carbocycles. The van der Waals surface area contributed by atoms with Crippen LogP contribution in [-0.4, -0.2) is 20.1 Å². The number of carbonyl (C=O) groups excluding carboxylic acids is 1. The maximum absolute atomic E-state index is 11.6. The van der Waals surface area contributed by atoms with E-state index < -0.39 is 5.91 Å². The number of nitrogens with one attached hydrogen (secondary N) is 1. The lowest BCUT2D eigenvalue weighted by molar-refractivity contribution is -0.116. The highest BCUT2D eigenvalue weighted by Crippen LogP contribution is 2.30. The molecule has 0 bridgehead atoms. The average molecular weight is 357 g/mol. The van der Waals surface area contributed by atoms with Crippen LogP contribution in [0.25, 0.3) is 6.08 Å². The predicted molar refractivity (Wildman–Crippen MR) is 96.4 cm³/mol. The lowest BCUT2D eigenvalue weighted by atomic mass is 10.1. The van der Waals surface area contributed by atoms with Crippen LogP contribution in [0.2, 0.25) is 5.02 Å². The highest BCUT2D eigenvalue weighted by Gasteiger charge is 2.10. The number of methoxy groups -OCH3 is 1. The van der Waals surface area contributed by atoms with Gasteiger partial charge in [0.05, 0.1) is 7.11 Å². The lowest BCUT2D eigenvalue weighted by Gasteiger charge is -2.12. The number of hydrogen-bond donors (Lipinski definition) is 1. The first-order valence-corrected chi connectivity index (χ1v) is 7.85. The van der Waals surface area contributed by atoms with E-state index in [0.717, 1.165) is 5.56 Å². The molecular formula is C19H17ClN2O3. The molecule has 0 saturated heterocycles. The Labute approximate surface area is 151 Å². The molecule has 0 aromatic heterocycles. The number of carbonyl (C=O) groups is 1. The van der Waals surface area contributed by atoms with E-state index in [4.69, 9.17) is 26.3 Å². The molecule has 0 unspecified atom stereocenters. The van der Waals surface area contributed by atoms with Crippen LogP contribution < -0.4 is 14.8 Å². The molecule has 1 amide bonds. The molecule has 6 heteroatoms. The van der Waals surface area contributed by atoms with Crippen molar-refractivity contribution in [3.8, 4) is 17.6 Å². The van der Waals surface area contributed by atoms with Gasteiger partial charge in [0.2, 0.25) is 0 Å². The van der Waals surface area contributed by atoms with E-state index in [1.165, 1.54) is 20.2 Å². The number of halogens is 1. The zero-order chi connectivity index (χ0) is 18.2. The molecule has 2 aromatic carbocycles. The van der Waals surface area contributed by atoms with Crippen molar-refractivity contribution in [2.75, 3.05) is 14.2 Å². The van der Waals surface area contributed by atoms with Crippen molar-refractivity contribution in [2.45, 2.75) is 6.61 Å². The largest absolute Gasteiger partial charge is 0.493 e. The summed E-state index contributed by atoms with van der Waals surface area (Å²) in [6.07, 6.45) is 1.49. The zero-order valence-corrected chi connectivity index (χ0v) is 14.6. The van der Waals surface area contributed by atoms with E-state index in [9.17, 15) is 4.79 Å². The third kappa shape index (κ3) is 4.75. The van der Waals surface area contributed by atoms with Gasteiger partial charge in [-0.05, 0) is 29.8 Å². The summed E-state index contributed by atoms with van der Waals surface area (Å²) in [5, 5.41) is 12.1. The van der Waals surface area contributed by atoms with Crippen molar-refractivity contribution in [1.29, 1.82) is 5.26 Å². The molecule has 0 aliphatic rings. The van der Waals surface area contributed by atoms with Crippen molar-refractivity contribution in [2.24, 2.45) is 0 Å². The highest BCUT2D eigenvalue weighted by atomic mass is 35.5. The molecule has 0 radical (unpaired) electrons. The second-order valence-electron chi connectivity index (χ2n) is 5.04. The van der Waals surface area contributed by atoms with E-state index >= 15 is 0 Å². The van der Waals surface area contributed by atoms with Crippen molar-refractivity contribution in [1.82, 2.24) is 5.32 Å². The van der Waals surface area contributed by atoms with Crippen LogP contribution in [-0.2, 0) is 11.4 Å². The normalized spacial score (nSPS) is 10.7. The second kappa shape index (κ2) is 8.76. The van der Waals surface area contributed by atoms with E-state index in [1.54, 1.807) is 24.3 Å². The monoisotopic (exact) mass is 356 g/mol. The molecule has 0 atom stereocenters. The molecule has 2 aromatic rings. The van der Waals surface area contributed by atoms with Gasteiger partial charge in [0.15, 0.2) is 11.5 Å². The first kappa shape index (κ1) is 18.4. The number of nitrogens with zero attached hydrogens (tertiary/aromatic N) is 1. The van der Waals surface area contributed by atoms with E-state index in [-0.39, 0.29) is 5.57 Å². The second-order valence-corrected chi connectivity index (χ2v) is 5.45.